The molecule has 11 nitrogen and oxygen atoms in total. The van der Waals surface area contributed by atoms with E-state index in [1.54, 1.807) is 12.1 Å². The molecule has 0 saturated heterocycles. The Morgan fingerprint density at radius 1 is 0.851 bits per heavy atom. The Hall–Kier alpha value is -5.45. The topological polar surface area (TPSA) is 165 Å². The summed E-state index contributed by atoms with van der Waals surface area (Å²) in [5, 5.41) is 12.7. The number of carbonyl (C=O) groups excluding carboxylic acids is 4. The lowest BCUT2D eigenvalue weighted by Gasteiger charge is -2.29. The number of nitrogens with two attached hydrogens (primary N) is 1. The number of rotatable bonds is 9. The summed E-state index contributed by atoms with van der Waals surface area (Å²) in [5.74, 6) is -1.09. The van der Waals surface area contributed by atoms with Crippen molar-refractivity contribution in [2.75, 3.05) is 11.9 Å². The van der Waals surface area contributed by atoms with Crippen LogP contribution >= 0.6 is 0 Å². The number of amides is 4. The van der Waals surface area contributed by atoms with Gasteiger partial charge in [0.1, 0.15) is 0 Å². The van der Waals surface area contributed by atoms with Crippen molar-refractivity contribution in [3.8, 4) is 11.1 Å². The second kappa shape index (κ2) is 14.3. The molecular weight excluding hydrogens is 596 g/mol. The number of ether oxygens (including phenoxy) is 1. The fourth-order valence-corrected chi connectivity index (χ4v) is 5.57. The number of nitrogens with one attached hydrogen (secondary N) is 4. The van der Waals surface area contributed by atoms with Gasteiger partial charge in [-0.05, 0) is 94.0 Å². The number of benzene rings is 3. The Morgan fingerprint density at radius 3 is 2.13 bits per heavy atom. The van der Waals surface area contributed by atoms with Crippen molar-refractivity contribution in [2.45, 2.75) is 64.1 Å². The van der Waals surface area contributed by atoms with Crippen LogP contribution < -0.4 is 27.0 Å². The van der Waals surface area contributed by atoms with Gasteiger partial charge in [-0.2, -0.15) is 0 Å². The summed E-state index contributed by atoms with van der Waals surface area (Å²) < 4.78 is 5.00. The molecule has 3 aromatic carbocycles. The SMILES string of the molecule is CC(C)(C)NC(=O)OCC(=O)NC1CCC(NC(=O)c2ccc(-c3ccc4ncc(C(N)=O)c(Nc5ccccc5)c4c3)cc2)CC1. The molecule has 0 spiro atoms. The summed E-state index contributed by atoms with van der Waals surface area (Å²) >= 11 is 0. The molecule has 0 atom stereocenters. The maximum atomic E-state index is 13.1. The Morgan fingerprint density at radius 2 is 1.49 bits per heavy atom. The van der Waals surface area contributed by atoms with Gasteiger partial charge in [-0.25, -0.2) is 4.79 Å². The highest BCUT2D eigenvalue weighted by Crippen LogP contribution is 2.32. The first-order valence-electron chi connectivity index (χ1n) is 15.7. The third-order valence-electron chi connectivity index (χ3n) is 7.90. The van der Waals surface area contributed by atoms with Crippen molar-refractivity contribution < 1.29 is 23.9 Å². The standard InChI is InChI=1S/C36H40N6O5/c1-36(2,3)42-35(46)47-21-31(43)39-26-14-16-27(17-15-26)41-34(45)23-11-9-22(10-12-23)24-13-18-30-28(19-24)32(29(20-38-30)33(37)44)40-25-7-5-4-6-8-25/h4-13,18-20,26-27H,14-17,21H2,1-3H3,(H2,37,44)(H,38,40)(H,39,43)(H,41,45)(H,42,46). The number of para-hydroxylation sites is 1. The summed E-state index contributed by atoms with van der Waals surface area (Å²) in [7, 11) is 0. The van der Waals surface area contributed by atoms with Crippen LogP contribution in [-0.2, 0) is 9.53 Å². The highest BCUT2D eigenvalue weighted by Gasteiger charge is 2.25. The van der Waals surface area contributed by atoms with Crippen molar-refractivity contribution in [3.05, 3.63) is 90.1 Å². The number of primary amides is 1. The lowest BCUT2D eigenvalue weighted by atomic mass is 9.91. The van der Waals surface area contributed by atoms with Crippen LogP contribution in [0.1, 0.15) is 67.2 Å². The highest BCUT2D eigenvalue weighted by molar-refractivity contribution is 6.08. The molecule has 4 aromatic rings. The average molecular weight is 637 g/mol. The van der Waals surface area contributed by atoms with Crippen LogP contribution in [0.25, 0.3) is 22.0 Å². The molecule has 5 rings (SSSR count). The summed E-state index contributed by atoms with van der Waals surface area (Å²) in [6.07, 6.45) is 3.71. The first-order valence-corrected chi connectivity index (χ1v) is 15.7. The smallest absolute Gasteiger partial charge is 0.408 e. The number of fused-ring (bicyclic) bond motifs is 1. The third kappa shape index (κ3) is 8.84. The Kier molecular flexibility index (Phi) is 10.0. The minimum Gasteiger partial charge on any atom is -0.439 e. The third-order valence-corrected chi connectivity index (χ3v) is 7.90. The Balaban J connectivity index is 1.18. The predicted molar refractivity (Wildman–Crippen MR) is 181 cm³/mol. The fourth-order valence-electron chi connectivity index (χ4n) is 5.57. The van der Waals surface area contributed by atoms with Gasteiger partial charge in [-0.3, -0.25) is 19.4 Å². The first-order chi connectivity index (χ1) is 22.4. The minimum atomic E-state index is -0.634. The van der Waals surface area contributed by atoms with Crippen LogP contribution in [0.4, 0.5) is 16.2 Å². The number of alkyl carbamates (subject to hydrolysis) is 1. The van der Waals surface area contributed by atoms with E-state index >= 15 is 0 Å². The first kappa shape index (κ1) is 32.9. The van der Waals surface area contributed by atoms with Gasteiger partial charge >= 0.3 is 6.09 Å². The van der Waals surface area contributed by atoms with Crippen LogP contribution in [0.3, 0.4) is 0 Å². The lowest BCUT2D eigenvalue weighted by Crippen LogP contribution is -2.46. The molecule has 1 aliphatic rings. The number of nitrogens with zero attached hydrogens (tertiary/aromatic N) is 1. The van der Waals surface area contributed by atoms with Crippen molar-refractivity contribution in [3.63, 3.8) is 0 Å². The number of aromatic nitrogens is 1. The fraction of sp³-hybridized carbons (Fsp3) is 0.306. The van der Waals surface area contributed by atoms with E-state index in [2.05, 4.69) is 26.3 Å². The zero-order valence-electron chi connectivity index (χ0n) is 26.8. The van der Waals surface area contributed by atoms with E-state index in [9.17, 15) is 19.2 Å². The zero-order valence-corrected chi connectivity index (χ0v) is 26.8. The van der Waals surface area contributed by atoms with Gasteiger partial charge in [0, 0.05) is 40.5 Å². The van der Waals surface area contributed by atoms with Crippen LogP contribution in [0.5, 0.6) is 0 Å². The maximum Gasteiger partial charge on any atom is 0.408 e. The Bertz CT molecular complexity index is 1760. The number of hydrogen-bond donors (Lipinski definition) is 5. The lowest BCUT2D eigenvalue weighted by molar-refractivity contribution is -0.125. The average Bonchev–Trinajstić information content (AvgIpc) is 3.04. The molecule has 4 amide bonds. The molecule has 1 saturated carbocycles. The van der Waals surface area contributed by atoms with Crippen molar-refractivity contribution >= 4 is 46.1 Å². The van der Waals surface area contributed by atoms with E-state index in [4.69, 9.17) is 10.5 Å². The molecule has 11 heteroatoms. The quantitative estimate of drug-likeness (QED) is 0.164. The monoisotopic (exact) mass is 636 g/mol. The largest absolute Gasteiger partial charge is 0.439 e. The Labute approximate surface area is 273 Å². The normalized spacial score (nSPS) is 16.1. The van der Waals surface area contributed by atoms with Crippen LogP contribution in [-0.4, -0.2) is 53.0 Å². The summed E-state index contributed by atoms with van der Waals surface area (Å²) in [6, 6.07) is 22.6. The van der Waals surface area contributed by atoms with E-state index in [1.165, 1.54) is 6.20 Å². The predicted octanol–water partition coefficient (Wildman–Crippen LogP) is 5.43. The molecule has 1 heterocycles. The van der Waals surface area contributed by atoms with Gasteiger partial charge in [0.2, 0.25) is 0 Å². The van der Waals surface area contributed by atoms with E-state index < -0.39 is 17.5 Å². The molecule has 1 fully saturated rings. The molecule has 0 bridgehead atoms. The molecule has 0 unspecified atom stereocenters. The molecule has 0 radical (unpaired) electrons. The van der Waals surface area contributed by atoms with Gasteiger partial charge in [0.05, 0.1) is 16.8 Å². The maximum absolute atomic E-state index is 13.1. The van der Waals surface area contributed by atoms with E-state index in [-0.39, 0.29) is 36.1 Å². The highest BCUT2D eigenvalue weighted by atomic mass is 16.6. The molecule has 6 N–H and O–H groups in total. The van der Waals surface area contributed by atoms with Crippen molar-refractivity contribution in [1.29, 1.82) is 0 Å². The van der Waals surface area contributed by atoms with Crippen LogP contribution in [0.15, 0.2) is 79.0 Å². The van der Waals surface area contributed by atoms with Gasteiger partial charge in [0.15, 0.2) is 6.61 Å². The summed E-state index contributed by atoms with van der Waals surface area (Å²) in [5.41, 5.74) is 9.97. The second-order valence-electron chi connectivity index (χ2n) is 12.8. The molecular formula is C36H40N6O5. The summed E-state index contributed by atoms with van der Waals surface area (Å²) in [6.45, 7) is 5.14. The number of carbonyl (C=O) groups is 4. The van der Waals surface area contributed by atoms with Gasteiger partial charge in [-0.1, -0.05) is 36.4 Å². The minimum absolute atomic E-state index is 0.00730. The van der Waals surface area contributed by atoms with E-state index in [0.717, 1.165) is 35.0 Å². The second-order valence-corrected chi connectivity index (χ2v) is 12.8. The van der Waals surface area contributed by atoms with Crippen molar-refractivity contribution in [2.24, 2.45) is 5.73 Å². The molecule has 1 aliphatic carbocycles. The zero-order chi connectivity index (χ0) is 33.6. The molecule has 0 aliphatic heterocycles. The van der Waals surface area contributed by atoms with Crippen molar-refractivity contribution in [1.82, 2.24) is 20.9 Å². The van der Waals surface area contributed by atoms with Crippen LogP contribution in [0.2, 0.25) is 0 Å². The van der Waals surface area contributed by atoms with E-state index in [0.29, 0.717) is 29.6 Å². The van der Waals surface area contributed by atoms with Crippen LogP contribution in [0, 0.1) is 0 Å². The van der Waals surface area contributed by atoms with Gasteiger partial charge in [0.25, 0.3) is 17.7 Å². The molecule has 1 aromatic heterocycles. The van der Waals surface area contributed by atoms with Gasteiger partial charge in [-0.15, -0.1) is 0 Å². The molecule has 47 heavy (non-hydrogen) atoms. The van der Waals surface area contributed by atoms with Gasteiger partial charge < -0.3 is 31.7 Å². The number of pyridine rings is 1. The van der Waals surface area contributed by atoms with E-state index in [1.807, 2.05) is 81.4 Å². The summed E-state index contributed by atoms with van der Waals surface area (Å²) in [4.78, 5) is 53.8. The number of hydrogen-bond acceptors (Lipinski definition) is 7. The molecule has 244 valence electrons. The number of anilines is 2.